The first-order valence-corrected chi connectivity index (χ1v) is 8.18. The molecule has 0 aliphatic rings. The van der Waals surface area contributed by atoms with Crippen LogP contribution in [0.2, 0.25) is 0 Å². The van der Waals surface area contributed by atoms with Crippen molar-refractivity contribution >= 4 is 14.2 Å². The molecule has 0 aromatic heterocycles. The van der Waals surface area contributed by atoms with Crippen LogP contribution in [0.1, 0.15) is 34.1 Å². The molecule has 0 spiro atoms. The first kappa shape index (κ1) is 21.4. The molecular formula is C12H24F3N2O4P. The minimum absolute atomic E-state index is 0.0563. The van der Waals surface area contributed by atoms with E-state index in [4.69, 9.17) is 9.05 Å². The zero-order valence-corrected chi connectivity index (χ0v) is 14.2. The van der Waals surface area contributed by atoms with Crippen molar-refractivity contribution in [2.75, 3.05) is 19.9 Å². The van der Waals surface area contributed by atoms with E-state index in [0.29, 0.717) is 0 Å². The molecule has 0 radical (unpaired) electrons. The van der Waals surface area contributed by atoms with Crippen molar-refractivity contribution in [3.05, 3.63) is 0 Å². The minimum atomic E-state index is -4.89. The lowest BCUT2D eigenvalue weighted by Crippen LogP contribution is -2.38. The number of hydrogen-bond acceptors (Lipinski definition) is 5. The molecule has 0 aliphatic heterocycles. The predicted molar refractivity (Wildman–Crippen MR) is 76.7 cm³/mol. The molecule has 1 atom stereocenters. The summed E-state index contributed by atoms with van der Waals surface area (Å²) in [5.41, 5.74) is 0. The van der Waals surface area contributed by atoms with Crippen molar-refractivity contribution in [1.82, 2.24) is 10.2 Å². The van der Waals surface area contributed by atoms with E-state index < -0.39 is 20.3 Å². The maximum absolute atomic E-state index is 11.9. The molecule has 0 fully saturated rings. The van der Waals surface area contributed by atoms with E-state index >= 15 is 0 Å². The summed E-state index contributed by atoms with van der Waals surface area (Å²) in [4.78, 5) is 12.5. The van der Waals surface area contributed by atoms with Gasteiger partial charge in [-0.05, 0) is 34.1 Å². The average molecular weight is 348 g/mol. The minimum Gasteiger partial charge on any atom is -0.348 e. The van der Waals surface area contributed by atoms with E-state index in [1.807, 2.05) is 32.6 Å². The van der Waals surface area contributed by atoms with Crippen molar-refractivity contribution in [3.63, 3.8) is 0 Å². The van der Waals surface area contributed by atoms with Crippen LogP contribution in [0.3, 0.4) is 0 Å². The fraction of sp³-hybridized carbons (Fsp3) is 0.917. The number of rotatable bonds is 10. The third-order valence-electron chi connectivity index (χ3n) is 2.74. The maximum atomic E-state index is 11.9. The van der Waals surface area contributed by atoms with Gasteiger partial charge in [-0.25, -0.2) is 0 Å². The van der Waals surface area contributed by atoms with Crippen LogP contribution in [-0.4, -0.2) is 48.9 Å². The first-order valence-electron chi connectivity index (χ1n) is 6.96. The Morgan fingerprint density at radius 2 is 1.73 bits per heavy atom. The summed E-state index contributed by atoms with van der Waals surface area (Å²) in [6, 6.07) is 0.430. The molecule has 0 bridgehead atoms. The highest BCUT2D eigenvalue weighted by atomic mass is 31.1. The summed E-state index contributed by atoms with van der Waals surface area (Å²) in [6.45, 7) is 7.79. The van der Waals surface area contributed by atoms with Gasteiger partial charge in [0.2, 0.25) is 0 Å². The van der Waals surface area contributed by atoms with E-state index in [-0.39, 0.29) is 38.4 Å². The number of amides is 1. The molecule has 6 nitrogen and oxygen atoms in total. The van der Waals surface area contributed by atoms with E-state index in [0.717, 1.165) is 0 Å². The molecule has 0 aromatic rings. The van der Waals surface area contributed by atoms with Gasteiger partial charge in [-0.3, -0.25) is 18.8 Å². The highest BCUT2D eigenvalue weighted by Gasteiger charge is 2.38. The largest absolute Gasteiger partial charge is 0.471 e. The molecule has 10 heteroatoms. The number of nitrogens with zero attached hydrogens (tertiary/aromatic N) is 1. The van der Waals surface area contributed by atoms with Crippen molar-refractivity contribution in [3.8, 4) is 0 Å². The molecule has 1 amide bonds. The lowest BCUT2D eigenvalue weighted by molar-refractivity contribution is -0.173. The quantitative estimate of drug-likeness (QED) is 0.373. The molecule has 0 saturated carbocycles. The molecule has 0 saturated heterocycles. The number of carbonyl (C=O) groups is 1. The number of nitrogens with one attached hydrogen (secondary N) is 1. The second kappa shape index (κ2) is 10.2. The van der Waals surface area contributed by atoms with Crippen LogP contribution in [0.15, 0.2) is 0 Å². The standard InChI is InChI=1S/C12H24F3N2O4P/c1-9(2)17(10(3)4)8-21-22(19)20-7-5-6-16-11(18)12(13,14)15/h9-10,22H,5-8H2,1-4H3,(H,16,18). The molecule has 22 heavy (non-hydrogen) atoms. The molecule has 1 N–H and O–H groups in total. The van der Waals surface area contributed by atoms with Crippen LogP contribution in [0, 0.1) is 0 Å². The van der Waals surface area contributed by atoms with Gasteiger partial charge in [0, 0.05) is 18.6 Å². The smallest absolute Gasteiger partial charge is 0.348 e. The Morgan fingerprint density at radius 3 is 2.18 bits per heavy atom. The summed E-state index contributed by atoms with van der Waals surface area (Å²) in [7, 11) is -2.71. The van der Waals surface area contributed by atoms with Crippen LogP contribution >= 0.6 is 8.25 Å². The summed E-state index contributed by atoms with van der Waals surface area (Å²) in [5.74, 6) is -2.00. The monoisotopic (exact) mass is 348 g/mol. The highest BCUT2D eigenvalue weighted by Crippen LogP contribution is 2.25. The third kappa shape index (κ3) is 9.40. The Morgan fingerprint density at radius 1 is 1.18 bits per heavy atom. The predicted octanol–water partition coefficient (Wildman–Crippen LogP) is 2.55. The summed E-state index contributed by atoms with van der Waals surface area (Å²) < 4.78 is 57.1. The lowest BCUT2D eigenvalue weighted by atomic mass is 10.2. The van der Waals surface area contributed by atoms with Crippen molar-refractivity contribution in [2.45, 2.75) is 52.4 Å². The zero-order valence-electron chi connectivity index (χ0n) is 13.2. The van der Waals surface area contributed by atoms with Crippen molar-refractivity contribution in [1.29, 1.82) is 0 Å². The van der Waals surface area contributed by atoms with Gasteiger partial charge >= 0.3 is 20.3 Å². The molecule has 0 rings (SSSR count). The Bertz CT molecular complexity index is 357. The number of hydrogen-bond donors (Lipinski definition) is 1. The van der Waals surface area contributed by atoms with E-state index in [1.165, 1.54) is 0 Å². The van der Waals surface area contributed by atoms with Crippen LogP contribution in [0.4, 0.5) is 13.2 Å². The van der Waals surface area contributed by atoms with Crippen LogP contribution in [0.25, 0.3) is 0 Å². The topological polar surface area (TPSA) is 67.9 Å². The van der Waals surface area contributed by atoms with E-state index in [2.05, 4.69) is 0 Å². The van der Waals surface area contributed by atoms with Crippen LogP contribution in [0.5, 0.6) is 0 Å². The number of carbonyl (C=O) groups excluding carboxylic acids is 1. The molecular weight excluding hydrogens is 324 g/mol. The van der Waals surface area contributed by atoms with E-state index in [9.17, 15) is 22.5 Å². The molecule has 0 heterocycles. The van der Waals surface area contributed by atoms with Crippen LogP contribution < -0.4 is 5.32 Å². The van der Waals surface area contributed by atoms with Crippen molar-refractivity contribution in [2.24, 2.45) is 0 Å². The van der Waals surface area contributed by atoms with Gasteiger partial charge in [-0.2, -0.15) is 13.2 Å². The number of alkyl halides is 3. The average Bonchev–Trinajstić information content (AvgIpc) is 2.36. The first-order chi connectivity index (χ1) is 10.1. The lowest BCUT2D eigenvalue weighted by Gasteiger charge is -2.29. The summed E-state index contributed by atoms with van der Waals surface area (Å²) in [5, 5.41) is 1.69. The van der Waals surface area contributed by atoms with Gasteiger partial charge in [-0.15, -0.1) is 0 Å². The normalized spacial score (nSPS) is 13.9. The molecule has 1 unspecified atom stereocenters. The molecule has 132 valence electrons. The van der Waals surface area contributed by atoms with Gasteiger partial charge < -0.3 is 9.84 Å². The highest BCUT2D eigenvalue weighted by molar-refractivity contribution is 7.33. The zero-order chi connectivity index (χ0) is 17.3. The fourth-order valence-electron chi connectivity index (χ4n) is 1.59. The van der Waals surface area contributed by atoms with E-state index in [1.54, 1.807) is 5.32 Å². The summed E-state index contributed by atoms with van der Waals surface area (Å²) in [6.07, 6.45) is -4.78. The van der Waals surface area contributed by atoms with Gasteiger partial charge in [0.1, 0.15) is 6.73 Å². The van der Waals surface area contributed by atoms with Gasteiger partial charge in [0.05, 0.1) is 6.61 Å². The third-order valence-corrected chi connectivity index (χ3v) is 3.55. The fourth-order valence-corrected chi connectivity index (χ4v) is 2.24. The maximum Gasteiger partial charge on any atom is 0.471 e. The molecule has 0 aliphatic carbocycles. The number of halogens is 3. The Balaban J connectivity index is 3.81. The van der Waals surface area contributed by atoms with Crippen LogP contribution in [-0.2, 0) is 18.4 Å². The molecule has 0 aromatic carbocycles. The van der Waals surface area contributed by atoms with Gasteiger partial charge in [0.25, 0.3) is 0 Å². The van der Waals surface area contributed by atoms with Gasteiger partial charge in [0.15, 0.2) is 0 Å². The Labute approximate surface area is 129 Å². The SMILES string of the molecule is CC(C)N(CO[PH](=O)OCCCNC(=O)C(F)(F)F)C(C)C. The Kier molecular flexibility index (Phi) is 9.91. The summed E-state index contributed by atoms with van der Waals surface area (Å²) >= 11 is 0. The van der Waals surface area contributed by atoms with Gasteiger partial charge in [-0.1, -0.05) is 0 Å². The second-order valence-corrected chi connectivity index (χ2v) is 6.26. The van der Waals surface area contributed by atoms with Crippen molar-refractivity contribution < 1.29 is 31.6 Å². The Hall–Kier alpha value is -0.630. The second-order valence-electron chi connectivity index (χ2n) is 5.18.